The fourth-order valence-electron chi connectivity index (χ4n) is 1.16. The minimum absolute atomic E-state index is 0.0638. The maximum Gasteiger partial charge on any atom is 0.573 e. The minimum Gasteiger partial charge on any atom is -0.482 e. The number of nitrogens with one attached hydrogen (secondary N) is 1. The van der Waals surface area contributed by atoms with Crippen molar-refractivity contribution in [1.82, 2.24) is 4.98 Å². The number of nitriles is 1. The summed E-state index contributed by atoms with van der Waals surface area (Å²) in [6, 6.07) is 1.65. The molecule has 1 aromatic rings. The molecule has 1 rings (SSSR count). The van der Waals surface area contributed by atoms with Crippen molar-refractivity contribution in [2.45, 2.75) is 12.8 Å². The van der Waals surface area contributed by atoms with Gasteiger partial charge in [-0.2, -0.15) is 5.26 Å². The highest BCUT2D eigenvalue weighted by molar-refractivity contribution is 5.35. The first-order valence-corrected chi connectivity index (χ1v) is 4.30. The second-order valence-electron chi connectivity index (χ2n) is 2.88. The number of H-pyrrole nitrogens is 1. The zero-order valence-electron chi connectivity index (χ0n) is 8.59. The predicted molar refractivity (Wildman–Crippen MR) is 49.6 cm³/mol. The van der Waals surface area contributed by atoms with Crippen LogP contribution in [0.15, 0.2) is 11.0 Å². The molecule has 17 heavy (non-hydrogen) atoms. The van der Waals surface area contributed by atoms with E-state index in [9.17, 15) is 18.0 Å². The Morgan fingerprint density at radius 1 is 1.53 bits per heavy atom. The minimum atomic E-state index is -4.97. The van der Waals surface area contributed by atoms with Crippen LogP contribution in [0.2, 0.25) is 0 Å². The third-order valence-electron chi connectivity index (χ3n) is 1.79. The van der Waals surface area contributed by atoms with E-state index in [0.29, 0.717) is 0 Å². The molecule has 0 aliphatic rings. The van der Waals surface area contributed by atoms with E-state index in [0.717, 1.165) is 6.20 Å². The van der Waals surface area contributed by atoms with Gasteiger partial charge in [0.25, 0.3) is 0 Å². The summed E-state index contributed by atoms with van der Waals surface area (Å²) >= 11 is 0. The Kier molecular flexibility index (Phi) is 3.62. The number of pyridine rings is 1. The number of alkyl halides is 3. The van der Waals surface area contributed by atoms with E-state index >= 15 is 0 Å². The van der Waals surface area contributed by atoms with Gasteiger partial charge in [-0.15, -0.1) is 13.2 Å². The van der Waals surface area contributed by atoms with Crippen LogP contribution in [-0.4, -0.2) is 18.5 Å². The van der Waals surface area contributed by atoms with Crippen molar-refractivity contribution < 1.29 is 22.6 Å². The Morgan fingerprint density at radius 3 is 2.65 bits per heavy atom. The fraction of sp³-hybridized carbons (Fsp3) is 0.333. The smallest absolute Gasteiger partial charge is 0.482 e. The molecule has 0 spiro atoms. The Balaban J connectivity index is 3.24. The molecule has 0 aromatic carbocycles. The van der Waals surface area contributed by atoms with Crippen LogP contribution in [0, 0.1) is 11.3 Å². The highest BCUT2D eigenvalue weighted by Gasteiger charge is 2.33. The van der Waals surface area contributed by atoms with Crippen molar-refractivity contribution in [2.75, 3.05) is 7.11 Å². The van der Waals surface area contributed by atoms with Gasteiger partial charge >= 0.3 is 6.36 Å². The van der Waals surface area contributed by atoms with Crippen molar-refractivity contribution in [3.8, 4) is 17.7 Å². The number of hydrogen-bond acceptors (Lipinski definition) is 4. The van der Waals surface area contributed by atoms with Crippen LogP contribution < -0.4 is 14.9 Å². The highest BCUT2D eigenvalue weighted by atomic mass is 19.4. The second kappa shape index (κ2) is 4.78. The number of rotatable bonds is 3. The first-order chi connectivity index (χ1) is 7.89. The summed E-state index contributed by atoms with van der Waals surface area (Å²) in [6.45, 7) is 0. The zero-order chi connectivity index (χ0) is 13.1. The molecule has 0 unspecified atom stereocenters. The molecule has 1 heterocycles. The highest BCUT2D eigenvalue weighted by Crippen LogP contribution is 2.21. The molecule has 92 valence electrons. The molecule has 0 amide bonds. The molecule has 1 aromatic heterocycles. The molecule has 0 bridgehead atoms. The first kappa shape index (κ1) is 12.9. The Hall–Kier alpha value is -2.17. The molecule has 0 aliphatic carbocycles. The first-order valence-electron chi connectivity index (χ1n) is 4.30. The summed E-state index contributed by atoms with van der Waals surface area (Å²) in [5, 5.41) is 8.47. The quantitative estimate of drug-likeness (QED) is 0.875. The summed E-state index contributed by atoms with van der Waals surface area (Å²) in [4.78, 5) is 13.8. The molecule has 5 nitrogen and oxygen atoms in total. The standard InChI is InChI=1S/C9H7F3N2O3/c1-16-8-5(2-3-13)7(15)6(4-14-8)17-9(10,11)12/h4H,2H2,1H3,(H,14,15). The van der Waals surface area contributed by atoms with Gasteiger partial charge in [0, 0.05) is 0 Å². The average Bonchev–Trinajstić information content (AvgIpc) is 2.23. The molecule has 0 saturated heterocycles. The van der Waals surface area contributed by atoms with Crippen LogP contribution in [0.5, 0.6) is 11.6 Å². The molecular formula is C9H7F3N2O3. The van der Waals surface area contributed by atoms with Gasteiger partial charge in [0.15, 0.2) is 11.6 Å². The van der Waals surface area contributed by atoms with Crippen LogP contribution in [-0.2, 0) is 6.42 Å². The summed E-state index contributed by atoms with van der Waals surface area (Å²) in [7, 11) is 1.22. The summed E-state index contributed by atoms with van der Waals surface area (Å²) in [5.41, 5.74) is -1.24. The normalized spacial score (nSPS) is 10.8. The van der Waals surface area contributed by atoms with E-state index in [1.807, 2.05) is 0 Å². The lowest BCUT2D eigenvalue weighted by molar-refractivity contribution is -0.275. The second-order valence-corrected chi connectivity index (χ2v) is 2.88. The van der Waals surface area contributed by atoms with Crippen molar-refractivity contribution >= 4 is 0 Å². The van der Waals surface area contributed by atoms with Gasteiger partial charge in [0.05, 0.1) is 31.4 Å². The van der Waals surface area contributed by atoms with Gasteiger partial charge in [-0.3, -0.25) is 4.79 Å². The fourth-order valence-corrected chi connectivity index (χ4v) is 1.16. The third-order valence-corrected chi connectivity index (χ3v) is 1.79. The molecular weight excluding hydrogens is 241 g/mol. The van der Waals surface area contributed by atoms with Crippen LogP contribution in [0.3, 0.4) is 0 Å². The predicted octanol–water partition coefficient (Wildman–Crippen LogP) is 1.35. The molecule has 0 atom stereocenters. The van der Waals surface area contributed by atoms with E-state index in [-0.39, 0.29) is 17.9 Å². The van der Waals surface area contributed by atoms with E-state index in [4.69, 9.17) is 10.00 Å². The lowest BCUT2D eigenvalue weighted by Crippen LogP contribution is -2.23. The Labute approximate surface area is 93.4 Å². The molecule has 1 N–H and O–H groups in total. The molecule has 0 radical (unpaired) electrons. The van der Waals surface area contributed by atoms with Crippen molar-refractivity contribution in [2.24, 2.45) is 0 Å². The SMILES string of the molecule is COc1[nH]cc(OC(F)(F)F)c(=O)c1CC#N. The molecule has 0 aliphatic heterocycles. The Morgan fingerprint density at radius 2 is 2.18 bits per heavy atom. The molecule has 0 saturated carbocycles. The lowest BCUT2D eigenvalue weighted by Gasteiger charge is -2.10. The van der Waals surface area contributed by atoms with Crippen LogP contribution in [0.1, 0.15) is 5.56 Å². The van der Waals surface area contributed by atoms with Crippen molar-refractivity contribution in [3.05, 3.63) is 22.0 Å². The van der Waals surface area contributed by atoms with Crippen LogP contribution >= 0.6 is 0 Å². The lowest BCUT2D eigenvalue weighted by atomic mass is 10.2. The summed E-state index contributed by atoms with van der Waals surface area (Å²) < 4.78 is 44.1. The number of aromatic amines is 1. The number of halogens is 3. The Bertz CT molecular complexity index is 502. The summed E-state index contributed by atoms with van der Waals surface area (Å²) in [6.07, 6.45) is -4.62. The number of hydrogen-bond donors (Lipinski definition) is 1. The average molecular weight is 248 g/mol. The maximum absolute atomic E-state index is 12.0. The monoisotopic (exact) mass is 248 g/mol. The molecule has 8 heteroatoms. The van der Waals surface area contributed by atoms with Crippen LogP contribution in [0.4, 0.5) is 13.2 Å². The largest absolute Gasteiger partial charge is 0.573 e. The number of nitrogens with zero attached hydrogens (tertiary/aromatic N) is 1. The van der Waals surface area contributed by atoms with Crippen molar-refractivity contribution in [1.29, 1.82) is 5.26 Å². The van der Waals surface area contributed by atoms with Gasteiger partial charge in [-0.25, -0.2) is 0 Å². The number of methoxy groups -OCH3 is 1. The van der Waals surface area contributed by atoms with Gasteiger partial charge in [-0.1, -0.05) is 0 Å². The molecule has 0 fully saturated rings. The number of ether oxygens (including phenoxy) is 2. The van der Waals surface area contributed by atoms with Gasteiger partial charge in [0.1, 0.15) is 0 Å². The topological polar surface area (TPSA) is 75.1 Å². The van der Waals surface area contributed by atoms with E-state index in [1.54, 1.807) is 6.07 Å². The van der Waals surface area contributed by atoms with Crippen molar-refractivity contribution in [3.63, 3.8) is 0 Å². The van der Waals surface area contributed by atoms with E-state index < -0.39 is 17.5 Å². The van der Waals surface area contributed by atoms with Crippen LogP contribution in [0.25, 0.3) is 0 Å². The number of aromatic nitrogens is 1. The van der Waals surface area contributed by atoms with Gasteiger partial charge in [0.2, 0.25) is 5.43 Å². The van der Waals surface area contributed by atoms with E-state index in [2.05, 4.69) is 9.72 Å². The van der Waals surface area contributed by atoms with Gasteiger partial charge in [-0.05, 0) is 0 Å². The van der Waals surface area contributed by atoms with E-state index in [1.165, 1.54) is 7.11 Å². The van der Waals surface area contributed by atoms with Gasteiger partial charge < -0.3 is 14.5 Å². The zero-order valence-corrected chi connectivity index (χ0v) is 8.59. The third kappa shape index (κ3) is 3.14. The maximum atomic E-state index is 12.0. The summed E-state index contributed by atoms with van der Waals surface area (Å²) in [5.74, 6) is -0.991.